The number of ether oxygens (including phenoxy) is 1. The number of pyridine rings is 1. The van der Waals surface area contributed by atoms with Crippen LogP contribution in [-0.4, -0.2) is 29.1 Å². The van der Waals surface area contributed by atoms with Crippen molar-refractivity contribution in [3.63, 3.8) is 0 Å². The Morgan fingerprint density at radius 2 is 2.00 bits per heavy atom. The second-order valence-electron chi connectivity index (χ2n) is 3.93. The molecule has 1 N–H and O–H groups in total. The number of hydrogen-bond acceptors (Lipinski definition) is 4. The summed E-state index contributed by atoms with van der Waals surface area (Å²) < 4.78 is 4.60. The fourth-order valence-electron chi connectivity index (χ4n) is 1.67. The molecule has 5 nitrogen and oxygen atoms in total. The number of esters is 1. The molecule has 102 valence electrons. The van der Waals surface area contributed by atoms with E-state index < -0.39 is 11.9 Å². The van der Waals surface area contributed by atoms with Crippen molar-refractivity contribution >= 4 is 23.5 Å². The molecule has 0 saturated carbocycles. The third kappa shape index (κ3) is 2.95. The first-order chi connectivity index (χ1) is 9.51. The van der Waals surface area contributed by atoms with Gasteiger partial charge in [0.15, 0.2) is 0 Å². The van der Waals surface area contributed by atoms with Gasteiger partial charge in [-0.3, -0.25) is 0 Å². The van der Waals surface area contributed by atoms with Gasteiger partial charge in [-0.25, -0.2) is 14.6 Å². The maximum absolute atomic E-state index is 11.6. The number of methoxy groups -OCH3 is 1. The summed E-state index contributed by atoms with van der Waals surface area (Å²) in [5.41, 5.74) is 0.844. The van der Waals surface area contributed by atoms with Gasteiger partial charge in [0.2, 0.25) is 0 Å². The summed E-state index contributed by atoms with van der Waals surface area (Å²) >= 11 is 5.89. The summed E-state index contributed by atoms with van der Waals surface area (Å²) in [6.45, 7) is 0. The Hall–Kier alpha value is -2.40. The van der Waals surface area contributed by atoms with Gasteiger partial charge in [0.1, 0.15) is 5.69 Å². The van der Waals surface area contributed by atoms with Gasteiger partial charge in [0.25, 0.3) is 0 Å². The highest BCUT2D eigenvalue weighted by Crippen LogP contribution is 2.23. The van der Waals surface area contributed by atoms with Crippen LogP contribution in [0.2, 0.25) is 5.02 Å². The van der Waals surface area contributed by atoms with Crippen LogP contribution in [0.3, 0.4) is 0 Å². The summed E-state index contributed by atoms with van der Waals surface area (Å²) in [4.78, 5) is 26.6. The number of hydrogen-bond donors (Lipinski definition) is 1. The molecule has 0 unspecified atom stereocenters. The van der Waals surface area contributed by atoms with Crippen molar-refractivity contribution < 1.29 is 19.4 Å². The molecule has 0 aliphatic rings. The van der Waals surface area contributed by atoms with E-state index in [-0.39, 0.29) is 11.3 Å². The average molecular weight is 292 g/mol. The van der Waals surface area contributed by atoms with Crippen molar-refractivity contribution in [1.29, 1.82) is 0 Å². The second kappa shape index (κ2) is 5.71. The normalized spacial score (nSPS) is 10.1. The smallest absolute Gasteiger partial charge is 0.354 e. The molecule has 1 aromatic heterocycles. The van der Waals surface area contributed by atoms with E-state index in [1.54, 1.807) is 24.3 Å². The Morgan fingerprint density at radius 3 is 2.60 bits per heavy atom. The van der Waals surface area contributed by atoms with E-state index in [2.05, 4.69) is 9.72 Å². The number of aromatic nitrogens is 1. The Morgan fingerprint density at radius 1 is 1.25 bits per heavy atom. The third-order valence-electron chi connectivity index (χ3n) is 2.59. The lowest BCUT2D eigenvalue weighted by Gasteiger charge is -2.06. The number of nitrogens with zero attached hydrogens (tertiary/aromatic N) is 1. The van der Waals surface area contributed by atoms with E-state index in [4.69, 9.17) is 16.7 Å². The molecule has 0 atom stereocenters. The lowest BCUT2D eigenvalue weighted by molar-refractivity contribution is 0.0600. The number of carboxylic acid groups (broad SMARTS) is 1. The Labute approximate surface area is 119 Å². The highest BCUT2D eigenvalue weighted by molar-refractivity contribution is 6.30. The number of carbonyl (C=O) groups excluding carboxylic acids is 1. The van der Waals surface area contributed by atoms with Crippen LogP contribution in [0, 0.1) is 0 Å². The van der Waals surface area contributed by atoms with Crippen molar-refractivity contribution in [3.8, 4) is 11.3 Å². The number of rotatable bonds is 3. The molecule has 1 aromatic carbocycles. The molecule has 0 radical (unpaired) electrons. The van der Waals surface area contributed by atoms with Crippen LogP contribution >= 0.6 is 11.6 Å². The van der Waals surface area contributed by atoms with Crippen molar-refractivity contribution in [1.82, 2.24) is 4.98 Å². The van der Waals surface area contributed by atoms with Crippen LogP contribution in [0.4, 0.5) is 0 Å². The van der Waals surface area contributed by atoms with Crippen LogP contribution < -0.4 is 0 Å². The quantitative estimate of drug-likeness (QED) is 0.880. The van der Waals surface area contributed by atoms with Crippen LogP contribution in [0.1, 0.15) is 20.8 Å². The van der Waals surface area contributed by atoms with E-state index in [0.717, 1.165) is 0 Å². The zero-order valence-corrected chi connectivity index (χ0v) is 11.2. The summed E-state index contributed by atoms with van der Waals surface area (Å²) in [5.74, 6) is -1.85. The molecule has 6 heteroatoms. The van der Waals surface area contributed by atoms with Crippen LogP contribution in [0.15, 0.2) is 36.4 Å². The standard InChI is InChI=1S/C14H10ClNO4/c1-20-14(19)9-6-11(16-12(7-9)13(17)18)8-3-2-4-10(15)5-8/h2-7H,1H3,(H,17,18). The van der Waals surface area contributed by atoms with Crippen LogP contribution in [0.5, 0.6) is 0 Å². The number of carbonyl (C=O) groups is 2. The Balaban J connectivity index is 2.60. The molecule has 0 bridgehead atoms. The van der Waals surface area contributed by atoms with Crippen molar-refractivity contribution in [3.05, 3.63) is 52.7 Å². The molecule has 0 fully saturated rings. The molecule has 0 aliphatic carbocycles. The van der Waals surface area contributed by atoms with Gasteiger partial charge >= 0.3 is 11.9 Å². The molecular formula is C14H10ClNO4. The molecule has 0 amide bonds. The maximum Gasteiger partial charge on any atom is 0.354 e. The molecule has 1 heterocycles. The van der Waals surface area contributed by atoms with Crippen molar-refractivity contribution in [2.45, 2.75) is 0 Å². The second-order valence-corrected chi connectivity index (χ2v) is 4.37. The predicted octanol–water partition coefficient (Wildman–Crippen LogP) is 2.89. The van der Waals surface area contributed by atoms with Gasteiger partial charge in [-0.1, -0.05) is 23.7 Å². The first-order valence-electron chi connectivity index (χ1n) is 5.61. The minimum Gasteiger partial charge on any atom is -0.477 e. The molecule has 0 aliphatic heterocycles. The Kier molecular flexibility index (Phi) is 4.00. The van der Waals surface area contributed by atoms with Crippen molar-refractivity contribution in [2.24, 2.45) is 0 Å². The minimum atomic E-state index is -1.22. The zero-order valence-electron chi connectivity index (χ0n) is 10.5. The highest BCUT2D eigenvalue weighted by Gasteiger charge is 2.15. The SMILES string of the molecule is COC(=O)c1cc(C(=O)O)nc(-c2cccc(Cl)c2)c1. The molecule has 2 aromatic rings. The highest BCUT2D eigenvalue weighted by atomic mass is 35.5. The zero-order chi connectivity index (χ0) is 14.7. The van der Waals surface area contributed by atoms with E-state index in [1.807, 2.05) is 0 Å². The predicted molar refractivity (Wildman–Crippen MR) is 73.0 cm³/mol. The number of halogens is 1. The van der Waals surface area contributed by atoms with Gasteiger partial charge in [-0.05, 0) is 24.3 Å². The van der Waals surface area contributed by atoms with Crippen molar-refractivity contribution in [2.75, 3.05) is 7.11 Å². The largest absolute Gasteiger partial charge is 0.477 e. The number of carboxylic acids is 1. The van der Waals surface area contributed by atoms with Crippen LogP contribution in [-0.2, 0) is 4.74 Å². The summed E-state index contributed by atoms with van der Waals surface area (Å²) in [7, 11) is 1.22. The molecule has 0 spiro atoms. The summed E-state index contributed by atoms with van der Waals surface area (Å²) in [6, 6.07) is 9.39. The maximum atomic E-state index is 11.6. The van der Waals surface area contributed by atoms with E-state index >= 15 is 0 Å². The van der Waals surface area contributed by atoms with E-state index in [9.17, 15) is 9.59 Å². The van der Waals surface area contributed by atoms with Gasteiger partial charge in [0.05, 0.1) is 18.4 Å². The molecule has 20 heavy (non-hydrogen) atoms. The molecular weight excluding hydrogens is 282 g/mol. The summed E-state index contributed by atoms with van der Waals surface area (Å²) in [5, 5.41) is 9.54. The lowest BCUT2D eigenvalue weighted by Crippen LogP contribution is -2.08. The van der Waals surface area contributed by atoms with Gasteiger partial charge in [-0.15, -0.1) is 0 Å². The topological polar surface area (TPSA) is 76.5 Å². The number of benzene rings is 1. The fourth-order valence-corrected chi connectivity index (χ4v) is 1.86. The van der Waals surface area contributed by atoms with Gasteiger partial charge < -0.3 is 9.84 Å². The average Bonchev–Trinajstić information content (AvgIpc) is 2.45. The molecule has 2 rings (SSSR count). The lowest BCUT2D eigenvalue weighted by atomic mass is 10.1. The minimum absolute atomic E-state index is 0.120. The first kappa shape index (κ1) is 14.0. The van der Waals surface area contributed by atoms with Gasteiger partial charge in [0, 0.05) is 10.6 Å². The Bertz CT molecular complexity index is 685. The third-order valence-corrected chi connectivity index (χ3v) is 2.82. The van der Waals surface area contributed by atoms with Gasteiger partial charge in [-0.2, -0.15) is 0 Å². The fraction of sp³-hybridized carbons (Fsp3) is 0.0714. The van der Waals surface area contributed by atoms with Crippen LogP contribution in [0.25, 0.3) is 11.3 Å². The number of aromatic carboxylic acids is 1. The monoisotopic (exact) mass is 291 g/mol. The summed E-state index contributed by atoms with van der Waals surface area (Å²) in [6.07, 6.45) is 0. The first-order valence-corrected chi connectivity index (χ1v) is 5.98. The molecule has 0 saturated heterocycles. The van der Waals surface area contributed by atoms with E-state index in [0.29, 0.717) is 16.3 Å². The van der Waals surface area contributed by atoms with E-state index in [1.165, 1.54) is 19.2 Å².